The van der Waals surface area contributed by atoms with Crippen molar-refractivity contribution in [2.45, 2.75) is 32.7 Å². The maximum atomic E-state index is 9.97. The van der Waals surface area contributed by atoms with Crippen LogP contribution in [0, 0.1) is 13.1 Å². The molecule has 1 aromatic rings. The van der Waals surface area contributed by atoms with Crippen molar-refractivity contribution in [3.8, 4) is 5.75 Å². The van der Waals surface area contributed by atoms with Crippen molar-refractivity contribution in [2.75, 3.05) is 0 Å². The molecule has 0 aliphatic heterocycles. The van der Waals surface area contributed by atoms with Crippen LogP contribution in [0.4, 0.5) is 0 Å². The largest absolute Gasteiger partial charge is 0.506 e. The van der Waals surface area contributed by atoms with Gasteiger partial charge < -0.3 is 10.8 Å². The highest BCUT2D eigenvalue weighted by Crippen LogP contribution is 2.32. The Hall–Kier alpha value is 0.730. The van der Waals surface area contributed by atoms with Gasteiger partial charge in [0.2, 0.25) is 0 Å². The van der Waals surface area contributed by atoms with Gasteiger partial charge in [-0.25, -0.2) is 0 Å². The smallest absolute Gasteiger partial charge is 0.133 e. The summed E-state index contributed by atoms with van der Waals surface area (Å²) in [6, 6.07) is 3.86. The molecule has 0 fully saturated rings. The lowest BCUT2D eigenvalue weighted by molar-refractivity contribution is 0.445. The molecule has 0 aliphatic carbocycles. The molecule has 98 valence electrons. The zero-order chi connectivity index (χ0) is 12.3. The average Bonchev–Trinajstić information content (AvgIpc) is 2.19. The van der Waals surface area contributed by atoms with Crippen molar-refractivity contribution in [1.82, 2.24) is 0 Å². The van der Waals surface area contributed by atoms with Crippen LogP contribution in [0.3, 0.4) is 0 Å². The Morgan fingerprint density at radius 3 is 2.35 bits per heavy atom. The molecule has 0 unspecified atom stereocenters. The van der Waals surface area contributed by atoms with E-state index in [0.717, 1.165) is 25.5 Å². The fraction of sp³-hybridized carbons (Fsp3) is 0.500. The summed E-state index contributed by atoms with van der Waals surface area (Å²) < 4.78 is 1.99. The Morgan fingerprint density at radius 2 is 1.82 bits per heavy atom. The first-order valence-electron chi connectivity index (χ1n) is 5.35. The first kappa shape index (κ1) is 17.7. The third-order valence-electron chi connectivity index (χ3n) is 2.51. The highest BCUT2D eigenvalue weighted by Gasteiger charge is 2.14. The van der Waals surface area contributed by atoms with Gasteiger partial charge in [-0.05, 0) is 76.1 Å². The molecule has 1 rings (SSSR count). The van der Waals surface area contributed by atoms with E-state index in [-0.39, 0.29) is 18.4 Å². The van der Waals surface area contributed by atoms with Crippen LogP contribution in [0.5, 0.6) is 5.75 Å². The highest BCUT2D eigenvalue weighted by molar-refractivity contribution is 14.1. The highest BCUT2D eigenvalue weighted by atomic mass is 127. The molecule has 0 bridgehead atoms. The predicted octanol–water partition coefficient (Wildman–Crippen LogP) is 4.46. The third kappa shape index (κ3) is 5.48. The minimum Gasteiger partial charge on any atom is -0.506 e. The summed E-state index contributed by atoms with van der Waals surface area (Å²) in [4.78, 5) is 0. The van der Waals surface area contributed by atoms with Crippen LogP contribution in [-0.4, -0.2) is 5.11 Å². The maximum Gasteiger partial charge on any atom is 0.133 e. The van der Waals surface area contributed by atoms with Crippen LogP contribution in [0.15, 0.2) is 12.1 Å². The Balaban J connectivity index is 0.00000256. The van der Waals surface area contributed by atoms with Crippen LogP contribution in [-0.2, 0) is 0 Å². The number of rotatable bonds is 4. The summed E-state index contributed by atoms with van der Waals surface area (Å²) in [7, 11) is 0. The van der Waals surface area contributed by atoms with Crippen LogP contribution in [0.2, 0.25) is 0 Å². The fourth-order valence-electron chi connectivity index (χ4n) is 1.54. The topological polar surface area (TPSA) is 46.2 Å². The van der Waals surface area contributed by atoms with Crippen LogP contribution in [0.1, 0.15) is 38.3 Å². The Bertz CT molecular complexity index is 372. The number of hydrogen-bond acceptors (Lipinski definition) is 2. The van der Waals surface area contributed by atoms with Gasteiger partial charge in [-0.2, -0.15) is 0 Å². The van der Waals surface area contributed by atoms with E-state index in [2.05, 4.69) is 59.0 Å². The van der Waals surface area contributed by atoms with Crippen molar-refractivity contribution in [1.29, 1.82) is 0 Å². The molecule has 0 saturated carbocycles. The molecular formula is C12H18ClI2NO. The molecule has 0 aromatic heterocycles. The second-order valence-corrected chi connectivity index (χ2v) is 6.81. The quantitative estimate of drug-likeness (QED) is 0.624. The minimum absolute atomic E-state index is 0. The SMILES string of the molecule is CC(C)CC[C@H](N)c1cc(I)cc(I)c1O.Cl. The standard InChI is InChI=1S/C12H17I2NO.ClH/c1-7(2)3-4-11(15)9-5-8(13)6-10(14)12(9)16;/h5-7,11,16H,3-4,15H2,1-2H3;1H/t11-;/m0./s1. The summed E-state index contributed by atoms with van der Waals surface area (Å²) in [5, 5.41) is 9.97. The third-order valence-corrected chi connectivity index (χ3v) is 3.96. The maximum absolute atomic E-state index is 9.97. The molecule has 0 radical (unpaired) electrons. The van der Waals surface area contributed by atoms with Crippen molar-refractivity contribution >= 4 is 57.6 Å². The second kappa shape index (κ2) is 8.01. The molecular weight excluding hydrogens is 463 g/mol. The van der Waals surface area contributed by atoms with Gasteiger partial charge in [-0.1, -0.05) is 13.8 Å². The number of phenolic OH excluding ortho intramolecular Hbond substituents is 1. The van der Waals surface area contributed by atoms with Gasteiger partial charge in [0.05, 0.1) is 3.57 Å². The molecule has 5 heteroatoms. The average molecular weight is 482 g/mol. The zero-order valence-corrected chi connectivity index (χ0v) is 15.0. The van der Waals surface area contributed by atoms with Gasteiger partial charge in [-0.3, -0.25) is 0 Å². The monoisotopic (exact) mass is 481 g/mol. The van der Waals surface area contributed by atoms with Gasteiger partial charge in [0, 0.05) is 15.2 Å². The summed E-state index contributed by atoms with van der Waals surface area (Å²) in [6.07, 6.45) is 2.00. The van der Waals surface area contributed by atoms with Crippen molar-refractivity contribution < 1.29 is 5.11 Å². The molecule has 0 aliphatic rings. The molecule has 17 heavy (non-hydrogen) atoms. The fourth-order valence-corrected chi connectivity index (χ4v) is 3.43. The van der Waals surface area contributed by atoms with Crippen LogP contribution in [0.25, 0.3) is 0 Å². The summed E-state index contributed by atoms with van der Waals surface area (Å²) >= 11 is 4.39. The second-order valence-electron chi connectivity index (χ2n) is 4.40. The Labute approximate surface area is 136 Å². The number of benzene rings is 1. The molecule has 1 aromatic carbocycles. The zero-order valence-electron chi connectivity index (χ0n) is 9.91. The van der Waals surface area contributed by atoms with E-state index in [4.69, 9.17) is 5.73 Å². The molecule has 1 atom stereocenters. The normalized spacial score (nSPS) is 12.4. The first-order valence-corrected chi connectivity index (χ1v) is 7.51. The lowest BCUT2D eigenvalue weighted by atomic mass is 9.98. The van der Waals surface area contributed by atoms with Crippen molar-refractivity contribution in [3.63, 3.8) is 0 Å². The van der Waals surface area contributed by atoms with Crippen molar-refractivity contribution in [3.05, 3.63) is 24.8 Å². The molecule has 0 amide bonds. The summed E-state index contributed by atoms with van der Waals surface area (Å²) in [5.41, 5.74) is 6.99. The number of nitrogens with two attached hydrogens (primary N) is 1. The number of hydrogen-bond donors (Lipinski definition) is 2. The summed E-state index contributed by atoms with van der Waals surface area (Å²) in [6.45, 7) is 4.37. The van der Waals surface area contributed by atoms with E-state index < -0.39 is 0 Å². The van der Waals surface area contributed by atoms with Gasteiger partial charge in [0.15, 0.2) is 0 Å². The van der Waals surface area contributed by atoms with Gasteiger partial charge >= 0.3 is 0 Å². The number of aromatic hydroxyl groups is 1. The predicted molar refractivity (Wildman–Crippen MR) is 91.8 cm³/mol. The van der Waals surface area contributed by atoms with Crippen LogP contribution >= 0.6 is 57.6 Å². The lowest BCUT2D eigenvalue weighted by Crippen LogP contribution is -2.12. The van der Waals surface area contributed by atoms with Gasteiger partial charge in [0.1, 0.15) is 5.75 Å². The molecule has 3 N–H and O–H groups in total. The minimum atomic E-state index is -0.0642. The Morgan fingerprint density at radius 1 is 1.24 bits per heavy atom. The number of halogens is 3. The van der Waals surface area contributed by atoms with Gasteiger partial charge in [-0.15, -0.1) is 12.4 Å². The van der Waals surface area contributed by atoms with E-state index >= 15 is 0 Å². The van der Waals surface area contributed by atoms with Gasteiger partial charge in [0.25, 0.3) is 0 Å². The van der Waals surface area contributed by atoms with E-state index in [9.17, 15) is 5.11 Å². The first-order chi connectivity index (χ1) is 7.41. The molecule has 0 heterocycles. The molecule has 2 nitrogen and oxygen atoms in total. The molecule has 0 saturated heterocycles. The van der Waals surface area contributed by atoms with E-state index in [0.29, 0.717) is 11.7 Å². The number of phenols is 1. The van der Waals surface area contributed by atoms with E-state index in [1.807, 2.05) is 12.1 Å². The van der Waals surface area contributed by atoms with Crippen molar-refractivity contribution in [2.24, 2.45) is 11.7 Å². The van der Waals surface area contributed by atoms with E-state index in [1.54, 1.807) is 0 Å². The van der Waals surface area contributed by atoms with Crippen LogP contribution < -0.4 is 5.73 Å². The Kier molecular flexibility index (Phi) is 8.36. The summed E-state index contributed by atoms with van der Waals surface area (Å²) in [5.74, 6) is 0.993. The van der Waals surface area contributed by atoms with E-state index in [1.165, 1.54) is 0 Å². The molecule has 0 spiro atoms. The lowest BCUT2D eigenvalue weighted by Gasteiger charge is -2.16.